The summed E-state index contributed by atoms with van der Waals surface area (Å²) in [5.41, 5.74) is 2.88. The van der Waals surface area contributed by atoms with E-state index in [0.717, 1.165) is 55.7 Å². The lowest BCUT2D eigenvalue weighted by atomic mass is 9.81. The Balaban J connectivity index is 1.54. The van der Waals surface area contributed by atoms with Crippen LogP contribution in [-0.4, -0.2) is 46.2 Å². The molecule has 4 rings (SSSR count). The van der Waals surface area contributed by atoms with Gasteiger partial charge in [-0.1, -0.05) is 6.42 Å². The van der Waals surface area contributed by atoms with E-state index in [2.05, 4.69) is 20.1 Å². The van der Waals surface area contributed by atoms with Crippen molar-refractivity contribution < 1.29 is 9.53 Å². The molecule has 2 fully saturated rings. The molecule has 6 heteroatoms. The molecule has 0 aromatic carbocycles. The first-order valence-corrected chi connectivity index (χ1v) is 8.46. The lowest BCUT2D eigenvalue weighted by molar-refractivity contribution is -0.153. The fourth-order valence-corrected chi connectivity index (χ4v) is 4.48. The van der Waals surface area contributed by atoms with Crippen molar-refractivity contribution in [2.24, 2.45) is 11.3 Å². The van der Waals surface area contributed by atoms with Crippen molar-refractivity contribution in [2.75, 3.05) is 20.2 Å². The smallest absolute Gasteiger partial charge is 0.313 e. The van der Waals surface area contributed by atoms with E-state index in [1.807, 2.05) is 24.5 Å². The molecule has 1 aliphatic heterocycles. The standard InChI is InChI=1S/C18H22N4O2/c1-24-17(23)18-6-2-5-15(18)11-22(12-18)10-14-9-20-21-16(14)13-4-3-7-19-8-13/h3-4,7-9,15H,2,5-6,10-12H2,1H3,(H,20,21)/t15-,18-/m1/s1. The Morgan fingerprint density at radius 1 is 1.50 bits per heavy atom. The minimum Gasteiger partial charge on any atom is -0.469 e. The number of fused-ring (bicyclic) bond motifs is 1. The number of aromatic nitrogens is 3. The zero-order valence-corrected chi connectivity index (χ0v) is 13.9. The van der Waals surface area contributed by atoms with E-state index in [9.17, 15) is 4.79 Å². The monoisotopic (exact) mass is 326 g/mol. The van der Waals surface area contributed by atoms with Gasteiger partial charge in [-0.2, -0.15) is 5.10 Å². The van der Waals surface area contributed by atoms with Gasteiger partial charge in [-0.3, -0.25) is 19.8 Å². The summed E-state index contributed by atoms with van der Waals surface area (Å²) in [4.78, 5) is 18.9. The maximum absolute atomic E-state index is 12.4. The number of methoxy groups -OCH3 is 1. The minimum absolute atomic E-state index is 0.0350. The summed E-state index contributed by atoms with van der Waals surface area (Å²) in [6.45, 7) is 2.52. The number of ether oxygens (including phenoxy) is 1. The third-order valence-electron chi connectivity index (χ3n) is 5.60. The molecule has 0 amide bonds. The molecule has 1 aliphatic carbocycles. The number of rotatable bonds is 4. The molecular weight excluding hydrogens is 304 g/mol. The Bertz CT molecular complexity index is 730. The topological polar surface area (TPSA) is 71.1 Å². The Labute approximate surface area is 141 Å². The van der Waals surface area contributed by atoms with Crippen LogP contribution >= 0.6 is 0 Å². The Hall–Kier alpha value is -2.21. The van der Waals surface area contributed by atoms with Crippen molar-refractivity contribution >= 4 is 5.97 Å². The van der Waals surface area contributed by atoms with Gasteiger partial charge in [0.2, 0.25) is 0 Å². The van der Waals surface area contributed by atoms with Gasteiger partial charge in [-0.15, -0.1) is 0 Å². The van der Waals surface area contributed by atoms with E-state index in [1.165, 1.54) is 7.11 Å². The second-order valence-corrected chi connectivity index (χ2v) is 6.92. The molecule has 2 aromatic rings. The normalized spacial score (nSPS) is 26.5. The molecule has 1 N–H and O–H groups in total. The van der Waals surface area contributed by atoms with Crippen LogP contribution in [0.4, 0.5) is 0 Å². The van der Waals surface area contributed by atoms with Crippen LogP contribution in [0.3, 0.4) is 0 Å². The first-order valence-electron chi connectivity index (χ1n) is 8.46. The van der Waals surface area contributed by atoms with Crippen LogP contribution in [0.2, 0.25) is 0 Å². The van der Waals surface area contributed by atoms with E-state index in [0.29, 0.717) is 5.92 Å². The lowest BCUT2D eigenvalue weighted by Crippen LogP contribution is -2.36. The van der Waals surface area contributed by atoms with E-state index in [-0.39, 0.29) is 11.4 Å². The quantitative estimate of drug-likeness (QED) is 0.873. The molecule has 1 saturated heterocycles. The zero-order chi connectivity index (χ0) is 16.6. The number of H-pyrrole nitrogens is 1. The van der Waals surface area contributed by atoms with Crippen molar-refractivity contribution in [3.05, 3.63) is 36.3 Å². The number of hydrogen-bond donors (Lipinski definition) is 1. The predicted molar refractivity (Wildman–Crippen MR) is 88.9 cm³/mol. The van der Waals surface area contributed by atoms with Crippen molar-refractivity contribution in [3.8, 4) is 11.3 Å². The Morgan fingerprint density at radius 2 is 2.42 bits per heavy atom. The maximum atomic E-state index is 12.4. The van der Waals surface area contributed by atoms with Crippen LogP contribution in [0.25, 0.3) is 11.3 Å². The van der Waals surface area contributed by atoms with Crippen LogP contribution in [0, 0.1) is 11.3 Å². The van der Waals surface area contributed by atoms with Gasteiger partial charge < -0.3 is 4.74 Å². The Kier molecular flexibility index (Phi) is 3.84. The van der Waals surface area contributed by atoms with Gasteiger partial charge in [0.25, 0.3) is 0 Å². The van der Waals surface area contributed by atoms with Crippen LogP contribution in [0.1, 0.15) is 24.8 Å². The first kappa shape index (κ1) is 15.3. The van der Waals surface area contributed by atoms with Gasteiger partial charge in [-0.25, -0.2) is 0 Å². The molecule has 0 unspecified atom stereocenters. The molecule has 6 nitrogen and oxygen atoms in total. The molecule has 126 valence electrons. The SMILES string of the molecule is COC(=O)[C@@]12CCC[C@@H]1CN(Cc1cn[nH]c1-c1cccnc1)C2. The number of aromatic amines is 1. The van der Waals surface area contributed by atoms with Gasteiger partial charge in [0.05, 0.1) is 24.4 Å². The van der Waals surface area contributed by atoms with Crippen molar-refractivity contribution in [1.82, 2.24) is 20.1 Å². The third-order valence-corrected chi connectivity index (χ3v) is 5.60. The fraction of sp³-hybridized carbons (Fsp3) is 0.500. The molecule has 0 radical (unpaired) electrons. The molecule has 0 bridgehead atoms. The second kappa shape index (κ2) is 6.02. The van der Waals surface area contributed by atoms with E-state index < -0.39 is 0 Å². The van der Waals surface area contributed by atoms with Crippen LogP contribution < -0.4 is 0 Å². The summed E-state index contributed by atoms with van der Waals surface area (Å²) in [6.07, 6.45) is 8.67. The molecule has 0 spiro atoms. The number of carbonyl (C=O) groups is 1. The number of hydrogen-bond acceptors (Lipinski definition) is 5. The van der Waals surface area contributed by atoms with Crippen molar-refractivity contribution in [1.29, 1.82) is 0 Å². The van der Waals surface area contributed by atoms with Crippen LogP contribution in [0.5, 0.6) is 0 Å². The summed E-state index contributed by atoms with van der Waals surface area (Å²) in [5.74, 6) is 0.380. The van der Waals surface area contributed by atoms with Crippen molar-refractivity contribution in [2.45, 2.75) is 25.8 Å². The number of esters is 1. The predicted octanol–water partition coefficient (Wildman–Crippen LogP) is 2.25. The maximum Gasteiger partial charge on any atom is 0.313 e. The molecule has 1 saturated carbocycles. The number of likely N-dealkylation sites (tertiary alicyclic amines) is 1. The Morgan fingerprint density at radius 3 is 3.21 bits per heavy atom. The molecule has 24 heavy (non-hydrogen) atoms. The van der Waals surface area contributed by atoms with Crippen molar-refractivity contribution in [3.63, 3.8) is 0 Å². The van der Waals surface area contributed by atoms with E-state index >= 15 is 0 Å². The third kappa shape index (κ3) is 2.41. The fourth-order valence-electron chi connectivity index (χ4n) is 4.48. The molecular formula is C18H22N4O2. The highest BCUT2D eigenvalue weighted by Crippen LogP contribution is 2.49. The summed E-state index contributed by atoms with van der Waals surface area (Å²) in [7, 11) is 1.51. The van der Waals surface area contributed by atoms with Gasteiger partial charge in [-0.05, 0) is 30.9 Å². The zero-order valence-electron chi connectivity index (χ0n) is 13.9. The summed E-state index contributed by atoms with van der Waals surface area (Å²) in [5, 5.41) is 7.29. The summed E-state index contributed by atoms with van der Waals surface area (Å²) in [6, 6.07) is 3.95. The molecule has 2 aliphatic rings. The molecule has 3 heterocycles. The van der Waals surface area contributed by atoms with E-state index in [1.54, 1.807) is 6.20 Å². The van der Waals surface area contributed by atoms with Gasteiger partial charge >= 0.3 is 5.97 Å². The average molecular weight is 326 g/mol. The lowest BCUT2D eigenvalue weighted by Gasteiger charge is -2.25. The minimum atomic E-state index is -0.299. The van der Waals surface area contributed by atoms with Gasteiger partial charge in [0.1, 0.15) is 0 Å². The highest BCUT2D eigenvalue weighted by atomic mass is 16.5. The summed E-state index contributed by atoms with van der Waals surface area (Å²) < 4.78 is 5.12. The highest BCUT2D eigenvalue weighted by Gasteiger charge is 2.55. The largest absolute Gasteiger partial charge is 0.469 e. The molecule has 2 atom stereocenters. The number of nitrogens with zero attached hydrogens (tertiary/aromatic N) is 3. The number of nitrogens with one attached hydrogen (secondary N) is 1. The highest BCUT2D eigenvalue weighted by molar-refractivity contribution is 5.78. The average Bonchev–Trinajstić information content (AvgIpc) is 3.29. The summed E-state index contributed by atoms with van der Waals surface area (Å²) >= 11 is 0. The van der Waals surface area contributed by atoms with Gasteiger partial charge in [0.15, 0.2) is 0 Å². The van der Waals surface area contributed by atoms with Gasteiger partial charge in [0, 0.05) is 43.2 Å². The van der Waals surface area contributed by atoms with E-state index in [4.69, 9.17) is 4.74 Å². The van der Waals surface area contributed by atoms with Crippen LogP contribution in [-0.2, 0) is 16.1 Å². The second-order valence-electron chi connectivity index (χ2n) is 6.92. The van der Waals surface area contributed by atoms with Crippen LogP contribution in [0.15, 0.2) is 30.7 Å². The first-order chi connectivity index (χ1) is 11.7. The molecule has 2 aromatic heterocycles. The number of pyridine rings is 1. The number of carbonyl (C=O) groups excluding carboxylic acids is 1.